The second-order valence-electron chi connectivity index (χ2n) is 8.84. The summed E-state index contributed by atoms with van der Waals surface area (Å²) in [7, 11) is 0. The second-order valence-corrected chi connectivity index (χ2v) is 8.84. The van der Waals surface area contributed by atoms with Crippen molar-refractivity contribution in [3.63, 3.8) is 0 Å². The lowest BCUT2D eigenvalue weighted by molar-refractivity contribution is -0.134. The van der Waals surface area contributed by atoms with Crippen molar-refractivity contribution in [1.29, 1.82) is 0 Å². The number of aliphatic hydroxyl groups is 2. The van der Waals surface area contributed by atoms with Gasteiger partial charge >= 0.3 is 0 Å². The van der Waals surface area contributed by atoms with Crippen molar-refractivity contribution in [1.82, 2.24) is 10.6 Å². The van der Waals surface area contributed by atoms with Gasteiger partial charge in [-0.1, -0.05) is 50.6 Å². The normalized spacial score (nSPS) is 19.3. The highest BCUT2D eigenvalue weighted by Crippen LogP contribution is 2.30. The molecule has 2 amide bonds. The van der Waals surface area contributed by atoms with Crippen molar-refractivity contribution in [2.24, 2.45) is 5.92 Å². The van der Waals surface area contributed by atoms with Gasteiger partial charge in [0.05, 0.1) is 25.9 Å². The third-order valence-corrected chi connectivity index (χ3v) is 5.58. The van der Waals surface area contributed by atoms with Crippen molar-refractivity contribution < 1.29 is 29.3 Å². The third kappa shape index (κ3) is 8.00. The Morgan fingerprint density at radius 3 is 2.28 bits per heavy atom. The topological polar surface area (TPSA) is 128 Å². The average Bonchev–Trinajstić information content (AvgIpc) is 3.58. The average molecular weight is 449 g/mol. The lowest BCUT2D eigenvalue weighted by atomic mass is 9.92. The van der Waals surface area contributed by atoms with Gasteiger partial charge in [0.1, 0.15) is 6.04 Å². The van der Waals surface area contributed by atoms with Gasteiger partial charge in [0.25, 0.3) is 0 Å². The molecule has 1 fully saturated rings. The molecule has 2 rings (SSSR count). The molecule has 0 aliphatic carbocycles. The molecule has 1 aliphatic heterocycles. The fraction of sp³-hybridized carbons (Fsp3) is 0.625. The summed E-state index contributed by atoms with van der Waals surface area (Å²) < 4.78 is 5.12. The Hall–Kier alpha value is -2.29. The van der Waals surface area contributed by atoms with Crippen LogP contribution in [-0.2, 0) is 25.5 Å². The molecule has 8 nitrogen and oxygen atoms in total. The van der Waals surface area contributed by atoms with Crippen LogP contribution >= 0.6 is 0 Å². The van der Waals surface area contributed by atoms with E-state index in [0.717, 1.165) is 19.3 Å². The lowest BCUT2D eigenvalue weighted by Gasteiger charge is -2.24. The predicted molar refractivity (Wildman–Crippen MR) is 120 cm³/mol. The number of benzene rings is 1. The van der Waals surface area contributed by atoms with E-state index >= 15 is 0 Å². The number of hydrogen-bond acceptors (Lipinski definition) is 6. The molecule has 8 heteroatoms. The molecule has 4 N–H and O–H groups in total. The van der Waals surface area contributed by atoms with Gasteiger partial charge in [0, 0.05) is 6.42 Å². The standard InChI is InChI=1S/C24H36N2O6/c1-17(2)13-19(22(30)24(15-28)16-32-24)26-23(31)20(14-27)25-21(29)12-8-4-7-11-18-9-5-3-6-10-18/h3,5-6,9-10,17,19-20,27-28H,4,7-8,11-16H2,1-2H3,(H,25,29)(H,26,31)/t19?,20-,24?/m0/s1. The molecule has 1 saturated heterocycles. The monoisotopic (exact) mass is 448 g/mol. The Morgan fingerprint density at radius 1 is 1.03 bits per heavy atom. The summed E-state index contributed by atoms with van der Waals surface area (Å²) >= 11 is 0. The molecule has 1 heterocycles. The minimum absolute atomic E-state index is 0.108. The van der Waals surface area contributed by atoms with E-state index in [4.69, 9.17) is 4.74 Å². The molecule has 2 unspecified atom stereocenters. The van der Waals surface area contributed by atoms with E-state index in [1.165, 1.54) is 5.56 Å². The first-order valence-electron chi connectivity index (χ1n) is 11.3. The highest BCUT2D eigenvalue weighted by Gasteiger charge is 2.54. The van der Waals surface area contributed by atoms with Gasteiger partial charge in [0.15, 0.2) is 11.4 Å². The van der Waals surface area contributed by atoms with Crippen LogP contribution in [0.2, 0.25) is 0 Å². The van der Waals surface area contributed by atoms with E-state index in [9.17, 15) is 24.6 Å². The Labute approximate surface area is 189 Å². The molecule has 1 aromatic carbocycles. The number of carbonyl (C=O) groups excluding carboxylic acids is 3. The Kier molecular flexibility index (Phi) is 10.3. The molecule has 0 bridgehead atoms. The van der Waals surface area contributed by atoms with Crippen LogP contribution in [0.5, 0.6) is 0 Å². The summed E-state index contributed by atoms with van der Waals surface area (Å²) in [6, 6.07) is 8.14. The first-order chi connectivity index (χ1) is 15.3. The van der Waals surface area contributed by atoms with E-state index in [-0.39, 0.29) is 30.6 Å². The molecular formula is C24H36N2O6. The molecule has 0 saturated carbocycles. The maximum absolute atomic E-state index is 12.7. The summed E-state index contributed by atoms with van der Waals surface area (Å²) in [6.07, 6.45) is 4.11. The molecule has 32 heavy (non-hydrogen) atoms. The smallest absolute Gasteiger partial charge is 0.245 e. The molecule has 0 spiro atoms. The number of unbranched alkanes of at least 4 members (excludes halogenated alkanes) is 2. The highest BCUT2D eigenvalue weighted by atomic mass is 16.6. The number of aliphatic hydroxyl groups excluding tert-OH is 2. The number of amides is 2. The van der Waals surface area contributed by atoms with Crippen LogP contribution in [0.3, 0.4) is 0 Å². The largest absolute Gasteiger partial charge is 0.394 e. The predicted octanol–water partition coefficient (Wildman–Crippen LogP) is 1.13. The second kappa shape index (κ2) is 12.7. The summed E-state index contributed by atoms with van der Waals surface area (Å²) in [6.45, 7) is 2.93. The molecule has 3 atom stereocenters. The number of hydrogen-bond donors (Lipinski definition) is 4. The summed E-state index contributed by atoms with van der Waals surface area (Å²) in [4.78, 5) is 37.6. The van der Waals surface area contributed by atoms with Gasteiger partial charge in [-0.15, -0.1) is 0 Å². The highest BCUT2D eigenvalue weighted by molar-refractivity contribution is 5.98. The van der Waals surface area contributed by atoms with Crippen molar-refractivity contribution in [2.75, 3.05) is 19.8 Å². The zero-order valence-electron chi connectivity index (χ0n) is 19.0. The van der Waals surface area contributed by atoms with Crippen molar-refractivity contribution >= 4 is 17.6 Å². The quantitative estimate of drug-likeness (QED) is 0.235. The molecule has 0 radical (unpaired) electrons. The van der Waals surface area contributed by atoms with Crippen molar-refractivity contribution in [2.45, 2.75) is 70.1 Å². The summed E-state index contributed by atoms with van der Waals surface area (Å²) in [5, 5.41) is 24.2. The first kappa shape index (κ1) is 26.0. The van der Waals surface area contributed by atoms with Gasteiger partial charge in [-0.05, 0) is 37.2 Å². The number of rotatable bonds is 15. The molecular weight excluding hydrogens is 412 g/mol. The Morgan fingerprint density at radius 2 is 1.72 bits per heavy atom. The van der Waals surface area contributed by atoms with Crippen molar-refractivity contribution in [3.05, 3.63) is 35.9 Å². The van der Waals surface area contributed by atoms with Crippen LogP contribution in [0.4, 0.5) is 0 Å². The molecule has 1 aromatic rings. The van der Waals surface area contributed by atoms with Crippen LogP contribution in [0.25, 0.3) is 0 Å². The van der Waals surface area contributed by atoms with Gasteiger partial charge in [-0.2, -0.15) is 0 Å². The number of aryl methyl sites for hydroxylation is 1. The fourth-order valence-electron chi connectivity index (χ4n) is 3.59. The van der Waals surface area contributed by atoms with E-state index < -0.39 is 36.8 Å². The minimum Gasteiger partial charge on any atom is -0.394 e. The number of ether oxygens (including phenoxy) is 1. The Bertz CT molecular complexity index is 748. The van der Waals surface area contributed by atoms with Gasteiger partial charge in [-0.25, -0.2) is 0 Å². The zero-order valence-corrected chi connectivity index (χ0v) is 19.0. The SMILES string of the molecule is CC(C)CC(NC(=O)[C@H](CO)NC(=O)CCCCCc1ccccc1)C(=O)C1(CO)CO1. The maximum atomic E-state index is 12.7. The molecule has 1 aliphatic rings. The van der Waals surface area contributed by atoms with Crippen LogP contribution in [0.1, 0.15) is 51.5 Å². The number of ketones is 1. The van der Waals surface area contributed by atoms with Crippen LogP contribution < -0.4 is 10.6 Å². The summed E-state index contributed by atoms with van der Waals surface area (Å²) in [5.74, 6) is -1.22. The van der Waals surface area contributed by atoms with E-state index in [0.29, 0.717) is 12.8 Å². The zero-order chi connectivity index (χ0) is 23.6. The van der Waals surface area contributed by atoms with E-state index in [1.807, 2.05) is 32.0 Å². The van der Waals surface area contributed by atoms with Gasteiger partial charge < -0.3 is 25.6 Å². The maximum Gasteiger partial charge on any atom is 0.245 e. The lowest BCUT2D eigenvalue weighted by Crippen LogP contribution is -2.55. The molecule has 178 valence electrons. The van der Waals surface area contributed by atoms with Crippen LogP contribution in [-0.4, -0.2) is 65.3 Å². The summed E-state index contributed by atoms with van der Waals surface area (Å²) in [5.41, 5.74) is 0.0175. The fourth-order valence-corrected chi connectivity index (χ4v) is 3.59. The van der Waals surface area contributed by atoms with Crippen LogP contribution in [0, 0.1) is 5.92 Å². The minimum atomic E-state index is -1.25. The van der Waals surface area contributed by atoms with Crippen molar-refractivity contribution in [3.8, 4) is 0 Å². The van der Waals surface area contributed by atoms with E-state index in [1.54, 1.807) is 0 Å². The number of epoxide rings is 1. The van der Waals surface area contributed by atoms with Gasteiger partial charge in [-0.3, -0.25) is 14.4 Å². The van der Waals surface area contributed by atoms with E-state index in [2.05, 4.69) is 22.8 Å². The number of Topliss-reactive ketones (excluding diaryl/α,β-unsaturated/α-hetero) is 1. The van der Waals surface area contributed by atoms with Crippen LogP contribution in [0.15, 0.2) is 30.3 Å². The molecule has 0 aromatic heterocycles. The number of carbonyl (C=O) groups is 3. The third-order valence-electron chi connectivity index (χ3n) is 5.58. The van der Waals surface area contributed by atoms with Gasteiger partial charge in [0.2, 0.25) is 11.8 Å². The Balaban J connectivity index is 1.78. The number of nitrogens with one attached hydrogen (secondary N) is 2. The first-order valence-corrected chi connectivity index (χ1v) is 11.3.